The van der Waals surface area contributed by atoms with Gasteiger partial charge in [0.2, 0.25) is 0 Å². The largest absolute Gasteiger partial charge is 0.381 e. The van der Waals surface area contributed by atoms with Gasteiger partial charge in [-0.3, -0.25) is 0 Å². The van der Waals surface area contributed by atoms with Gasteiger partial charge < -0.3 is 10.6 Å². The molecular weight excluding hydrogens is 260 g/mol. The number of allylic oxidation sites excluding steroid dienone is 2. The Bertz CT molecular complexity index is 408. The summed E-state index contributed by atoms with van der Waals surface area (Å²) in [5.74, 6) is 0. The van der Waals surface area contributed by atoms with Crippen LogP contribution in [0.3, 0.4) is 0 Å². The van der Waals surface area contributed by atoms with Crippen LogP contribution in [0, 0.1) is 0 Å². The zero-order chi connectivity index (χ0) is 12.2. The molecule has 2 N–H and O–H groups in total. The summed E-state index contributed by atoms with van der Waals surface area (Å²) in [6.45, 7) is 1.15. The van der Waals surface area contributed by atoms with E-state index in [9.17, 15) is 0 Å². The molecule has 0 aromatic rings. The second-order valence-electron chi connectivity index (χ2n) is 4.64. The minimum atomic E-state index is 0.348. The van der Waals surface area contributed by atoms with Gasteiger partial charge in [-0.15, -0.1) is 0 Å². The van der Waals surface area contributed by atoms with Crippen molar-refractivity contribution in [1.29, 1.82) is 0 Å². The highest BCUT2D eigenvalue weighted by Crippen LogP contribution is 2.42. The average Bonchev–Trinajstić information content (AvgIpc) is 2.95. The number of nitrogens with one attached hydrogen (secondary N) is 2. The van der Waals surface area contributed by atoms with Crippen LogP contribution in [0.5, 0.6) is 0 Å². The molecule has 2 unspecified atom stereocenters. The number of hydrogen-bond acceptors (Lipinski definition) is 4. The zero-order valence-corrected chi connectivity index (χ0v) is 11.9. The summed E-state index contributed by atoms with van der Waals surface area (Å²) >= 11 is 3.72. The molecule has 0 spiro atoms. The third-order valence-corrected chi connectivity index (χ3v) is 5.64. The minimum Gasteiger partial charge on any atom is -0.381 e. The molecule has 1 fully saturated rings. The smallest absolute Gasteiger partial charge is 0.0689 e. The topological polar surface area (TPSA) is 24.1 Å². The number of thioether (sulfide) groups is 2. The maximum atomic E-state index is 3.68. The van der Waals surface area contributed by atoms with Crippen LogP contribution in [0.1, 0.15) is 19.3 Å². The molecule has 0 bridgehead atoms. The molecule has 2 nitrogen and oxygen atoms in total. The Morgan fingerprint density at radius 3 is 2.72 bits per heavy atom. The quantitative estimate of drug-likeness (QED) is 0.809. The minimum absolute atomic E-state index is 0.348. The van der Waals surface area contributed by atoms with Crippen LogP contribution in [-0.2, 0) is 0 Å². The first kappa shape index (κ1) is 12.5. The van der Waals surface area contributed by atoms with Gasteiger partial charge in [0, 0.05) is 6.04 Å². The molecule has 3 aliphatic heterocycles. The number of dihydropyridines is 1. The maximum Gasteiger partial charge on any atom is 0.0689 e. The Hall–Kier alpha value is -0.580. The van der Waals surface area contributed by atoms with Gasteiger partial charge in [-0.1, -0.05) is 42.1 Å². The lowest BCUT2D eigenvalue weighted by molar-refractivity contribution is 0.426. The van der Waals surface area contributed by atoms with Crippen molar-refractivity contribution in [2.24, 2.45) is 0 Å². The van der Waals surface area contributed by atoms with Crippen LogP contribution in [0.4, 0.5) is 0 Å². The van der Waals surface area contributed by atoms with E-state index in [0.29, 0.717) is 12.1 Å². The molecule has 3 heterocycles. The molecule has 2 atom stereocenters. The van der Waals surface area contributed by atoms with E-state index in [2.05, 4.69) is 39.7 Å². The van der Waals surface area contributed by atoms with Crippen LogP contribution in [-0.4, -0.2) is 18.6 Å². The summed E-state index contributed by atoms with van der Waals surface area (Å²) < 4.78 is 1.45. The maximum absolute atomic E-state index is 3.68. The summed E-state index contributed by atoms with van der Waals surface area (Å²) in [5.41, 5.74) is 1.52. The van der Waals surface area contributed by atoms with Gasteiger partial charge in [-0.05, 0) is 48.1 Å². The van der Waals surface area contributed by atoms with Crippen molar-refractivity contribution >= 4 is 23.5 Å². The van der Waals surface area contributed by atoms with Gasteiger partial charge in [0.25, 0.3) is 0 Å². The van der Waals surface area contributed by atoms with Crippen molar-refractivity contribution in [3.63, 3.8) is 0 Å². The summed E-state index contributed by atoms with van der Waals surface area (Å²) in [4.78, 5) is 0. The lowest BCUT2D eigenvalue weighted by Gasteiger charge is -2.32. The number of piperidine rings is 1. The zero-order valence-electron chi connectivity index (χ0n) is 10.3. The third kappa shape index (κ3) is 2.71. The highest BCUT2D eigenvalue weighted by molar-refractivity contribution is 8.27. The second kappa shape index (κ2) is 6.04. The van der Waals surface area contributed by atoms with E-state index >= 15 is 0 Å². The van der Waals surface area contributed by atoms with Crippen LogP contribution >= 0.6 is 23.5 Å². The molecule has 0 aliphatic carbocycles. The molecule has 3 aliphatic rings. The molecule has 3 rings (SSSR count). The van der Waals surface area contributed by atoms with Gasteiger partial charge in [0.15, 0.2) is 0 Å². The number of hydrogen-bond donors (Lipinski definition) is 2. The molecule has 0 aromatic heterocycles. The van der Waals surface area contributed by atoms with E-state index in [1.54, 1.807) is 0 Å². The molecule has 4 heteroatoms. The van der Waals surface area contributed by atoms with Crippen molar-refractivity contribution in [3.8, 4) is 0 Å². The van der Waals surface area contributed by atoms with E-state index in [1.807, 2.05) is 29.7 Å². The van der Waals surface area contributed by atoms with Crippen LogP contribution in [0.15, 0.2) is 45.1 Å². The van der Waals surface area contributed by atoms with Crippen molar-refractivity contribution in [1.82, 2.24) is 10.6 Å². The fraction of sp³-hybridized carbons (Fsp3) is 0.429. The highest BCUT2D eigenvalue weighted by atomic mass is 32.2. The first-order valence-corrected chi connectivity index (χ1v) is 8.26. The van der Waals surface area contributed by atoms with Crippen molar-refractivity contribution in [3.05, 3.63) is 45.1 Å². The molecule has 0 radical (unpaired) electrons. The Kier molecular flexibility index (Phi) is 4.18. The highest BCUT2D eigenvalue weighted by Gasteiger charge is 2.27. The molecule has 18 heavy (non-hydrogen) atoms. The van der Waals surface area contributed by atoms with E-state index in [-0.39, 0.29) is 0 Å². The number of rotatable bonds is 2. The van der Waals surface area contributed by atoms with Gasteiger partial charge in [-0.2, -0.15) is 0 Å². The van der Waals surface area contributed by atoms with Crippen LogP contribution in [0.25, 0.3) is 0 Å². The lowest BCUT2D eigenvalue weighted by Crippen LogP contribution is -2.42. The van der Waals surface area contributed by atoms with E-state index in [0.717, 1.165) is 6.54 Å². The monoisotopic (exact) mass is 278 g/mol. The third-order valence-electron chi connectivity index (χ3n) is 3.45. The van der Waals surface area contributed by atoms with Gasteiger partial charge >= 0.3 is 0 Å². The molecule has 1 saturated heterocycles. The summed E-state index contributed by atoms with van der Waals surface area (Å²) in [6.07, 6.45) is 12.4. The fourth-order valence-corrected chi connectivity index (χ4v) is 4.64. The Morgan fingerprint density at radius 1 is 1.17 bits per heavy atom. The predicted octanol–water partition coefficient (Wildman–Crippen LogP) is 3.33. The van der Waals surface area contributed by atoms with Crippen molar-refractivity contribution in [2.75, 3.05) is 6.54 Å². The molecule has 0 aromatic carbocycles. The van der Waals surface area contributed by atoms with Gasteiger partial charge in [0.1, 0.15) is 0 Å². The first-order chi connectivity index (χ1) is 8.95. The summed E-state index contributed by atoms with van der Waals surface area (Å²) in [5, 5.41) is 11.5. The average molecular weight is 278 g/mol. The normalized spacial score (nSPS) is 30.6. The second-order valence-corrected chi connectivity index (χ2v) is 6.73. The Balaban J connectivity index is 1.85. The molecule has 0 amide bonds. The Morgan fingerprint density at radius 2 is 2.06 bits per heavy atom. The lowest BCUT2D eigenvalue weighted by atomic mass is 9.92. The summed E-state index contributed by atoms with van der Waals surface area (Å²) in [6, 6.07) is 0.878. The van der Waals surface area contributed by atoms with E-state index in [1.165, 1.54) is 29.1 Å². The summed E-state index contributed by atoms with van der Waals surface area (Å²) in [7, 11) is 0. The van der Waals surface area contributed by atoms with Gasteiger partial charge in [-0.25, -0.2) is 0 Å². The molecular formula is C14H18N2S2. The van der Waals surface area contributed by atoms with Crippen molar-refractivity contribution < 1.29 is 0 Å². The standard InChI is InChI=1S/C14H18N2S2/c1-3-7-15-11(5-1)13(14-17-9-10-18-14)12-6-2-4-8-16-12/h1,3,5,7,9-12,15-16H,2,4,6,8H2. The van der Waals surface area contributed by atoms with Gasteiger partial charge in [0.05, 0.1) is 10.3 Å². The van der Waals surface area contributed by atoms with Crippen molar-refractivity contribution in [2.45, 2.75) is 31.3 Å². The molecule has 96 valence electrons. The first-order valence-electron chi connectivity index (χ1n) is 6.50. The Labute approximate surface area is 117 Å². The van der Waals surface area contributed by atoms with Crippen LogP contribution < -0.4 is 10.6 Å². The SMILES string of the molecule is C1=CNC(C(=C2SC=CS2)C2CCCCN2)C=C1. The predicted molar refractivity (Wildman–Crippen MR) is 82.2 cm³/mol. The fourth-order valence-electron chi connectivity index (χ4n) is 2.59. The molecule has 0 saturated carbocycles. The van der Waals surface area contributed by atoms with E-state index in [4.69, 9.17) is 0 Å². The van der Waals surface area contributed by atoms with E-state index < -0.39 is 0 Å². The van der Waals surface area contributed by atoms with Crippen LogP contribution in [0.2, 0.25) is 0 Å².